The predicted octanol–water partition coefficient (Wildman–Crippen LogP) is 3.92. The van der Waals surface area contributed by atoms with E-state index in [4.69, 9.17) is 5.73 Å². The Morgan fingerprint density at radius 2 is 1.90 bits per heavy atom. The topological polar surface area (TPSA) is 29.3 Å². The molecule has 2 N–H and O–H groups in total. The lowest BCUT2D eigenvalue weighted by Gasteiger charge is -2.31. The molecule has 0 aromatic heterocycles. The number of nitrogens with zero attached hydrogens (tertiary/aromatic N) is 1. The van der Waals surface area contributed by atoms with Crippen LogP contribution in [0.15, 0.2) is 29.2 Å². The van der Waals surface area contributed by atoms with Crippen LogP contribution in [0.5, 0.6) is 0 Å². The van der Waals surface area contributed by atoms with Crippen LogP contribution in [-0.2, 0) is 0 Å². The van der Waals surface area contributed by atoms with Gasteiger partial charge in [-0.05, 0) is 55.2 Å². The fourth-order valence-corrected chi connectivity index (χ4v) is 3.79. The van der Waals surface area contributed by atoms with E-state index in [1.54, 1.807) is 11.8 Å². The van der Waals surface area contributed by atoms with E-state index in [1.165, 1.54) is 42.8 Å². The lowest BCUT2D eigenvalue weighted by atomic mass is 9.82. The highest BCUT2D eigenvalue weighted by molar-refractivity contribution is 7.98. The van der Waals surface area contributed by atoms with Gasteiger partial charge in [-0.25, -0.2) is 0 Å². The molecule has 0 amide bonds. The molecule has 2 rings (SSSR count). The first-order valence-corrected chi connectivity index (χ1v) is 8.98. The normalized spacial score (nSPS) is 20.2. The maximum absolute atomic E-state index is 6.08. The average molecular weight is 292 g/mol. The van der Waals surface area contributed by atoms with Crippen LogP contribution in [0.4, 0.5) is 0 Å². The van der Waals surface area contributed by atoms with E-state index in [0.717, 1.165) is 0 Å². The van der Waals surface area contributed by atoms with E-state index in [0.29, 0.717) is 18.0 Å². The molecule has 1 aliphatic rings. The first-order chi connectivity index (χ1) is 9.68. The van der Waals surface area contributed by atoms with E-state index >= 15 is 0 Å². The third kappa shape index (κ3) is 3.21. The average Bonchev–Trinajstić information content (AvgIpc) is 2.94. The lowest BCUT2D eigenvalue weighted by molar-refractivity contribution is 0.197. The Balaban J connectivity index is 2.12. The van der Waals surface area contributed by atoms with Crippen LogP contribution in [0.3, 0.4) is 0 Å². The Hall–Kier alpha value is -0.510. The van der Waals surface area contributed by atoms with Gasteiger partial charge in [0.15, 0.2) is 0 Å². The molecule has 2 nitrogen and oxygen atoms in total. The molecule has 0 spiro atoms. The van der Waals surface area contributed by atoms with Gasteiger partial charge in [-0.1, -0.05) is 26.0 Å². The number of likely N-dealkylation sites (tertiary alicyclic amines) is 1. The van der Waals surface area contributed by atoms with Crippen molar-refractivity contribution in [1.29, 1.82) is 0 Å². The van der Waals surface area contributed by atoms with Crippen molar-refractivity contribution >= 4 is 11.8 Å². The van der Waals surface area contributed by atoms with Gasteiger partial charge in [0.25, 0.3) is 0 Å². The summed E-state index contributed by atoms with van der Waals surface area (Å²) < 4.78 is 0. The van der Waals surface area contributed by atoms with E-state index < -0.39 is 0 Å². The highest BCUT2D eigenvalue weighted by Gasteiger charge is 2.37. The molecule has 1 aliphatic heterocycles. The Morgan fingerprint density at radius 3 is 2.35 bits per heavy atom. The van der Waals surface area contributed by atoms with Crippen molar-refractivity contribution in [2.24, 2.45) is 11.1 Å². The zero-order valence-electron chi connectivity index (χ0n) is 13.1. The van der Waals surface area contributed by atoms with Crippen molar-refractivity contribution in [1.82, 2.24) is 4.90 Å². The van der Waals surface area contributed by atoms with Gasteiger partial charge in [0.05, 0.1) is 0 Å². The molecular formula is C17H28N2S. The molecule has 1 saturated heterocycles. The smallest absolute Gasteiger partial charge is 0.0470 e. The molecule has 1 atom stereocenters. The molecular weight excluding hydrogens is 264 g/mol. The molecule has 1 unspecified atom stereocenters. The van der Waals surface area contributed by atoms with Crippen LogP contribution >= 0.6 is 11.8 Å². The van der Waals surface area contributed by atoms with Gasteiger partial charge in [0.2, 0.25) is 0 Å². The Bertz CT molecular complexity index is 412. The molecule has 1 aromatic carbocycles. The molecule has 20 heavy (non-hydrogen) atoms. The summed E-state index contributed by atoms with van der Waals surface area (Å²) in [5, 5.41) is 0. The SMILES string of the molecule is CCC1(CC)CCN(C(CN)c2ccc(SC)cc2)C1. The van der Waals surface area contributed by atoms with Crippen molar-refractivity contribution in [2.75, 3.05) is 25.9 Å². The predicted molar refractivity (Wildman–Crippen MR) is 89.2 cm³/mol. The molecule has 0 bridgehead atoms. The second-order valence-electron chi connectivity index (χ2n) is 5.95. The highest BCUT2D eigenvalue weighted by atomic mass is 32.2. The summed E-state index contributed by atoms with van der Waals surface area (Å²) in [7, 11) is 0. The zero-order chi connectivity index (χ0) is 14.6. The lowest BCUT2D eigenvalue weighted by Crippen LogP contribution is -2.34. The third-order valence-electron chi connectivity index (χ3n) is 5.13. The summed E-state index contributed by atoms with van der Waals surface area (Å²) in [4.78, 5) is 3.92. The number of benzene rings is 1. The fourth-order valence-electron chi connectivity index (χ4n) is 3.38. The van der Waals surface area contributed by atoms with Gasteiger partial charge in [-0.2, -0.15) is 0 Å². The number of hydrogen-bond acceptors (Lipinski definition) is 3. The standard InChI is InChI=1S/C17H28N2S/c1-4-17(5-2)10-11-19(13-17)16(12-18)14-6-8-15(20-3)9-7-14/h6-9,16H,4-5,10-13,18H2,1-3H3. The highest BCUT2D eigenvalue weighted by Crippen LogP contribution is 2.40. The zero-order valence-corrected chi connectivity index (χ0v) is 13.9. The van der Waals surface area contributed by atoms with Crippen molar-refractivity contribution in [3.63, 3.8) is 0 Å². The van der Waals surface area contributed by atoms with E-state index in [9.17, 15) is 0 Å². The second-order valence-corrected chi connectivity index (χ2v) is 6.83. The Morgan fingerprint density at radius 1 is 1.25 bits per heavy atom. The molecule has 1 aromatic rings. The largest absolute Gasteiger partial charge is 0.329 e. The van der Waals surface area contributed by atoms with Crippen LogP contribution < -0.4 is 5.73 Å². The summed E-state index contributed by atoms with van der Waals surface area (Å²) >= 11 is 1.79. The molecule has 1 fully saturated rings. The van der Waals surface area contributed by atoms with Crippen molar-refractivity contribution in [2.45, 2.75) is 44.0 Å². The van der Waals surface area contributed by atoms with Gasteiger partial charge in [0, 0.05) is 24.0 Å². The molecule has 0 radical (unpaired) electrons. The first kappa shape index (κ1) is 15.9. The minimum Gasteiger partial charge on any atom is -0.329 e. The van der Waals surface area contributed by atoms with Gasteiger partial charge in [0.1, 0.15) is 0 Å². The van der Waals surface area contributed by atoms with Crippen molar-refractivity contribution < 1.29 is 0 Å². The van der Waals surface area contributed by atoms with E-state index in [2.05, 4.69) is 49.3 Å². The summed E-state index contributed by atoms with van der Waals surface area (Å²) in [6.07, 6.45) is 6.00. The van der Waals surface area contributed by atoms with Gasteiger partial charge in [-0.15, -0.1) is 11.8 Å². The monoisotopic (exact) mass is 292 g/mol. The third-order valence-corrected chi connectivity index (χ3v) is 5.88. The second kappa shape index (κ2) is 6.97. The first-order valence-electron chi connectivity index (χ1n) is 7.76. The quantitative estimate of drug-likeness (QED) is 0.806. The van der Waals surface area contributed by atoms with Crippen LogP contribution in [0, 0.1) is 5.41 Å². The fraction of sp³-hybridized carbons (Fsp3) is 0.647. The van der Waals surface area contributed by atoms with Crippen LogP contribution in [0.25, 0.3) is 0 Å². The maximum atomic E-state index is 6.08. The molecule has 0 saturated carbocycles. The number of hydrogen-bond donors (Lipinski definition) is 1. The molecule has 112 valence electrons. The summed E-state index contributed by atoms with van der Waals surface area (Å²) in [6.45, 7) is 7.76. The van der Waals surface area contributed by atoms with Gasteiger partial charge in [-0.3, -0.25) is 4.90 Å². The Kier molecular flexibility index (Phi) is 5.53. The van der Waals surface area contributed by atoms with Crippen LogP contribution in [-0.4, -0.2) is 30.8 Å². The maximum Gasteiger partial charge on any atom is 0.0470 e. The van der Waals surface area contributed by atoms with Gasteiger partial charge >= 0.3 is 0 Å². The van der Waals surface area contributed by atoms with E-state index in [1.807, 2.05) is 0 Å². The van der Waals surface area contributed by atoms with Crippen LogP contribution in [0.1, 0.15) is 44.7 Å². The summed E-state index contributed by atoms with van der Waals surface area (Å²) in [5.41, 5.74) is 7.97. The van der Waals surface area contributed by atoms with Crippen molar-refractivity contribution in [3.05, 3.63) is 29.8 Å². The van der Waals surface area contributed by atoms with Crippen molar-refractivity contribution in [3.8, 4) is 0 Å². The Labute approximate surface area is 128 Å². The summed E-state index contributed by atoms with van der Waals surface area (Å²) in [5.74, 6) is 0. The molecule has 0 aliphatic carbocycles. The van der Waals surface area contributed by atoms with E-state index in [-0.39, 0.29) is 0 Å². The van der Waals surface area contributed by atoms with Gasteiger partial charge < -0.3 is 5.73 Å². The number of nitrogens with two attached hydrogens (primary N) is 1. The minimum atomic E-state index is 0.380. The number of thioether (sulfide) groups is 1. The number of rotatable bonds is 6. The summed E-state index contributed by atoms with van der Waals surface area (Å²) in [6, 6.07) is 9.31. The minimum absolute atomic E-state index is 0.380. The molecule has 1 heterocycles. The van der Waals surface area contributed by atoms with Crippen LogP contribution in [0.2, 0.25) is 0 Å². The molecule has 3 heteroatoms.